The number of rotatable bonds is 5. The number of carbonyl (C=O) groups excluding carboxylic acids is 2. The fourth-order valence-corrected chi connectivity index (χ4v) is 3.52. The van der Waals surface area contributed by atoms with E-state index < -0.39 is 23.6 Å². The number of amides is 2. The number of benzene rings is 3. The van der Waals surface area contributed by atoms with Gasteiger partial charge in [0.25, 0.3) is 11.8 Å². The zero-order valence-corrected chi connectivity index (χ0v) is 18.7. The summed E-state index contributed by atoms with van der Waals surface area (Å²) in [5.74, 6) is -0.999. The van der Waals surface area contributed by atoms with Crippen molar-refractivity contribution in [1.82, 2.24) is 4.98 Å². The van der Waals surface area contributed by atoms with E-state index in [0.717, 1.165) is 11.0 Å². The quantitative estimate of drug-likeness (QED) is 0.325. The average molecular weight is 496 g/mol. The zero-order valence-electron chi connectivity index (χ0n) is 18.0. The number of carbonyl (C=O) groups is 2. The molecule has 9 heteroatoms. The third-order valence-corrected chi connectivity index (χ3v) is 5.23. The van der Waals surface area contributed by atoms with Crippen molar-refractivity contribution in [3.05, 3.63) is 119 Å². The summed E-state index contributed by atoms with van der Waals surface area (Å²) in [6.07, 6.45) is -3.34. The van der Waals surface area contributed by atoms with Gasteiger partial charge >= 0.3 is 6.18 Å². The van der Waals surface area contributed by atoms with Crippen LogP contribution in [0.1, 0.15) is 26.3 Å². The number of nitrogens with one attached hydrogen (secondary N) is 1. The number of para-hydroxylation sites is 1. The molecule has 35 heavy (non-hydrogen) atoms. The number of hydrogen-bond acceptors (Lipinski definition) is 3. The van der Waals surface area contributed by atoms with E-state index in [4.69, 9.17) is 11.6 Å². The highest BCUT2D eigenvalue weighted by Gasteiger charge is 2.36. The summed E-state index contributed by atoms with van der Waals surface area (Å²) in [6.45, 7) is 0. The summed E-state index contributed by atoms with van der Waals surface area (Å²) < 4.78 is 41.6. The molecule has 2 amide bonds. The largest absolute Gasteiger partial charge is 0.418 e. The lowest BCUT2D eigenvalue weighted by molar-refractivity contribution is -0.137. The zero-order chi connectivity index (χ0) is 25.0. The second-order valence-corrected chi connectivity index (χ2v) is 7.82. The number of anilines is 3. The van der Waals surface area contributed by atoms with Gasteiger partial charge in [0, 0.05) is 17.3 Å². The van der Waals surface area contributed by atoms with Gasteiger partial charge in [-0.05, 0) is 54.6 Å². The van der Waals surface area contributed by atoms with Crippen LogP contribution in [0.2, 0.25) is 5.02 Å². The molecule has 5 nitrogen and oxygen atoms in total. The molecular weight excluding hydrogens is 479 g/mol. The van der Waals surface area contributed by atoms with E-state index in [1.54, 1.807) is 24.3 Å². The monoisotopic (exact) mass is 495 g/mol. The second-order valence-electron chi connectivity index (χ2n) is 7.39. The lowest BCUT2D eigenvalue weighted by Crippen LogP contribution is -2.28. The first-order valence-electron chi connectivity index (χ1n) is 10.3. The number of hydrogen-bond donors (Lipinski definition) is 1. The van der Waals surface area contributed by atoms with Crippen LogP contribution in [0.4, 0.5) is 30.4 Å². The minimum atomic E-state index is -4.71. The minimum absolute atomic E-state index is 0.0901. The molecule has 176 valence electrons. The van der Waals surface area contributed by atoms with Gasteiger partial charge in [-0.3, -0.25) is 14.5 Å². The fourth-order valence-electron chi connectivity index (χ4n) is 3.41. The van der Waals surface area contributed by atoms with Crippen molar-refractivity contribution in [2.45, 2.75) is 6.18 Å². The van der Waals surface area contributed by atoms with E-state index in [1.807, 2.05) is 0 Å². The Kier molecular flexibility index (Phi) is 6.84. The molecule has 0 fully saturated rings. The van der Waals surface area contributed by atoms with E-state index in [9.17, 15) is 22.8 Å². The summed E-state index contributed by atoms with van der Waals surface area (Å²) in [6, 6.07) is 21.6. The highest BCUT2D eigenvalue weighted by Crippen LogP contribution is 2.40. The first-order valence-corrected chi connectivity index (χ1v) is 10.7. The van der Waals surface area contributed by atoms with E-state index in [0.29, 0.717) is 5.02 Å². The Morgan fingerprint density at radius 3 is 2.20 bits per heavy atom. The third kappa shape index (κ3) is 5.50. The van der Waals surface area contributed by atoms with Crippen LogP contribution in [0.5, 0.6) is 0 Å². The van der Waals surface area contributed by atoms with E-state index in [-0.39, 0.29) is 28.3 Å². The SMILES string of the molecule is O=C(Nc1ccc(Cl)cn1)c1cccc(N(C(=O)c2ccccc2)c2ccccc2C(F)(F)F)c1. The van der Waals surface area contributed by atoms with Crippen LogP contribution in [0, 0.1) is 0 Å². The van der Waals surface area contributed by atoms with Crippen molar-refractivity contribution >= 4 is 40.6 Å². The number of alkyl halides is 3. The van der Waals surface area contributed by atoms with Gasteiger partial charge < -0.3 is 5.32 Å². The molecule has 0 bridgehead atoms. The Morgan fingerprint density at radius 1 is 0.829 bits per heavy atom. The summed E-state index contributed by atoms with van der Waals surface area (Å²) in [4.78, 5) is 31.2. The van der Waals surface area contributed by atoms with Crippen molar-refractivity contribution < 1.29 is 22.8 Å². The van der Waals surface area contributed by atoms with E-state index >= 15 is 0 Å². The molecule has 3 aromatic carbocycles. The van der Waals surface area contributed by atoms with Gasteiger partial charge in [0.15, 0.2) is 0 Å². The van der Waals surface area contributed by atoms with Gasteiger partial charge in [-0.25, -0.2) is 4.98 Å². The molecular formula is C26H17ClF3N3O2. The topological polar surface area (TPSA) is 62.3 Å². The first kappa shape index (κ1) is 24.0. The molecule has 0 unspecified atom stereocenters. The summed E-state index contributed by atoms with van der Waals surface area (Å²) in [7, 11) is 0. The maximum Gasteiger partial charge on any atom is 0.418 e. The van der Waals surface area contributed by atoms with Gasteiger partial charge in [0.1, 0.15) is 5.82 Å². The Morgan fingerprint density at radius 2 is 1.51 bits per heavy atom. The maximum absolute atomic E-state index is 13.9. The van der Waals surface area contributed by atoms with Crippen molar-refractivity contribution in [2.75, 3.05) is 10.2 Å². The van der Waals surface area contributed by atoms with Crippen molar-refractivity contribution in [3.63, 3.8) is 0 Å². The van der Waals surface area contributed by atoms with Gasteiger partial charge in [-0.1, -0.05) is 48.0 Å². The predicted octanol–water partition coefficient (Wildman–Crippen LogP) is 6.98. The molecule has 4 aromatic rings. The molecule has 0 aliphatic heterocycles. The standard InChI is InChI=1S/C26H17ClF3N3O2/c27-19-13-14-23(31-16-19)32-24(34)18-9-6-10-20(15-18)33(25(35)17-7-2-1-3-8-17)22-12-5-4-11-21(22)26(28,29)30/h1-16H,(H,31,32,34). The van der Waals surface area contributed by atoms with Crippen LogP contribution < -0.4 is 10.2 Å². The number of aromatic nitrogens is 1. The first-order chi connectivity index (χ1) is 16.7. The smallest absolute Gasteiger partial charge is 0.307 e. The predicted molar refractivity (Wildman–Crippen MR) is 128 cm³/mol. The molecule has 0 radical (unpaired) electrons. The normalized spacial score (nSPS) is 11.1. The van der Waals surface area contributed by atoms with Gasteiger partial charge in [0.05, 0.1) is 22.0 Å². The minimum Gasteiger partial charge on any atom is -0.307 e. The molecule has 1 N–H and O–H groups in total. The van der Waals surface area contributed by atoms with Crippen LogP contribution in [0.25, 0.3) is 0 Å². The molecule has 0 aliphatic carbocycles. The van der Waals surface area contributed by atoms with Gasteiger partial charge in [-0.15, -0.1) is 0 Å². The highest BCUT2D eigenvalue weighted by atomic mass is 35.5. The van der Waals surface area contributed by atoms with Crippen LogP contribution in [-0.2, 0) is 6.18 Å². The Hall–Kier alpha value is -4.17. The van der Waals surface area contributed by atoms with Crippen molar-refractivity contribution in [3.8, 4) is 0 Å². The average Bonchev–Trinajstić information content (AvgIpc) is 2.86. The number of nitrogens with zero attached hydrogens (tertiary/aromatic N) is 2. The summed E-state index contributed by atoms with van der Waals surface area (Å²) >= 11 is 5.81. The fraction of sp³-hybridized carbons (Fsp3) is 0.0385. The summed E-state index contributed by atoms with van der Waals surface area (Å²) in [5, 5.41) is 2.99. The van der Waals surface area contributed by atoms with Crippen molar-refractivity contribution in [1.29, 1.82) is 0 Å². The highest BCUT2D eigenvalue weighted by molar-refractivity contribution is 6.30. The third-order valence-electron chi connectivity index (χ3n) is 5.01. The molecule has 0 saturated carbocycles. The summed E-state index contributed by atoms with van der Waals surface area (Å²) in [5.41, 5.74) is -0.943. The molecule has 4 rings (SSSR count). The number of pyridine rings is 1. The molecule has 1 heterocycles. The Labute approximate surface area is 203 Å². The van der Waals surface area contributed by atoms with E-state index in [2.05, 4.69) is 10.3 Å². The van der Waals surface area contributed by atoms with Crippen LogP contribution in [0.3, 0.4) is 0 Å². The maximum atomic E-state index is 13.9. The molecule has 0 aliphatic rings. The molecule has 1 aromatic heterocycles. The van der Waals surface area contributed by atoms with Crippen molar-refractivity contribution in [2.24, 2.45) is 0 Å². The number of halogens is 4. The lowest BCUT2D eigenvalue weighted by atomic mass is 10.1. The Balaban J connectivity index is 1.78. The molecule has 0 saturated heterocycles. The Bertz CT molecular complexity index is 1360. The van der Waals surface area contributed by atoms with Crippen LogP contribution >= 0.6 is 11.6 Å². The van der Waals surface area contributed by atoms with Gasteiger partial charge in [0.2, 0.25) is 0 Å². The lowest BCUT2D eigenvalue weighted by Gasteiger charge is -2.26. The molecule has 0 spiro atoms. The van der Waals surface area contributed by atoms with Crippen LogP contribution in [-0.4, -0.2) is 16.8 Å². The van der Waals surface area contributed by atoms with E-state index in [1.165, 1.54) is 66.9 Å². The van der Waals surface area contributed by atoms with Gasteiger partial charge in [-0.2, -0.15) is 13.2 Å². The van der Waals surface area contributed by atoms with Crippen LogP contribution in [0.15, 0.2) is 97.2 Å². The molecule has 0 atom stereocenters. The second kappa shape index (κ2) is 9.99.